The normalized spacial score (nSPS) is 15.2. The van der Waals surface area contributed by atoms with E-state index in [2.05, 4.69) is 30.3 Å². The fraction of sp³-hybridized carbons (Fsp3) is 0.333. The molecule has 0 amide bonds. The number of piperidine rings is 1. The predicted octanol–water partition coefficient (Wildman–Crippen LogP) is 2.42. The highest BCUT2D eigenvalue weighted by atomic mass is 16.5. The molecule has 4 rings (SSSR count). The van der Waals surface area contributed by atoms with E-state index in [0.717, 1.165) is 43.3 Å². The Labute approximate surface area is 151 Å². The summed E-state index contributed by atoms with van der Waals surface area (Å²) in [4.78, 5) is 15.1. The molecular formula is C18H21N7O. The van der Waals surface area contributed by atoms with Crippen LogP contribution in [0.3, 0.4) is 0 Å². The minimum Gasteiger partial charge on any atom is -0.381 e. The van der Waals surface area contributed by atoms with Gasteiger partial charge in [-0.2, -0.15) is 4.98 Å². The molecule has 2 aromatic heterocycles. The summed E-state index contributed by atoms with van der Waals surface area (Å²) in [5, 5.41) is 7.90. The zero-order valence-electron chi connectivity index (χ0n) is 14.6. The number of benzene rings is 1. The number of aromatic nitrogens is 5. The molecule has 1 aromatic carbocycles. The molecule has 0 aliphatic carbocycles. The van der Waals surface area contributed by atoms with Crippen molar-refractivity contribution in [2.24, 2.45) is 0 Å². The van der Waals surface area contributed by atoms with Crippen LogP contribution in [0, 0.1) is 0 Å². The average molecular weight is 351 g/mol. The molecule has 8 heteroatoms. The third-order valence-corrected chi connectivity index (χ3v) is 4.50. The van der Waals surface area contributed by atoms with E-state index < -0.39 is 0 Å². The maximum absolute atomic E-state index is 5.43. The third kappa shape index (κ3) is 3.50. The molecule has 1 aliphatic rings. The van der Waals surface area contributed by atoms with E-state index in [4.69, 9.17) is 4.74 Å². The van der Waals surface area contributed by atoms with Gasteiger partial charge in [-0.05, 0) is 31.0 Å². The van der Waals surface area contributed by atoms with E-state index in [0.29, 0.717) is 12.1 Å². The molecule has 1 N–H and O–H groups in total. The lowest BCUT2D eigenvalue weighted by Gasteiger charge is -2.30. The highest BCUT2D eigenvalue weighted by Gasteiger charge is 2.21. The Morgan fingerprint density at radius 1 is 1.04 bits per heavy atom. The van der Waals surface area contributed by atoms with Crippen LogP contribution in [-0.4, -0.2) is 51.0 Å². The van der Waals surface area contributed by atoms with Crippen molar-refractivity contribution in [3.63, 3.8) is 0 Å². The minimum atomic E-state index is 0.337. The standard InChI is InChI=1S/C18H21N7O/c1-26-14-7-11-24(12-8-14)18-21-13-25(23-18)16-6-3-2-5-15(16)22-17-19-9-4-10-20-17/h2-6,9-10,13-14H,7-8,11-12H2,1H3,(H,19,20,22). The fourth-order valence-corrected chi connectivity index (χ4v) is 3.07. The van der Waals surface area contributed by atoms with Crippen LogP contribution < -0.4 is 10.2 Å². The van der Waals surface area contributed by atoms with Crippen LogP contribution in [0.5, 0.6) is 0 Å². The van der Waals surface area contributed by atoms with Gasteiger partial charge in [0.05, 0.1) is 17.5 Å². The van der Waals surface area contributed by atoms with E-state index in [1.165, 1.54) is 0 Å². The first-order valence-electron chi connectivity index (χ1n) is 8.66. The van der Waals surface area contributed by atoms with Gasteiger partial charge in [0.15, 0.2) is 0 Å². The highest BCUT2D eigenvalue weighted by molar-refractivity contribution is 5.65. The van der Waals surface area contributed by atoms with Crippen LogP contribution in [-0.2, 0) is 4.74 Å². The molecule has 134 valence electrons. The number of anilines is 3. The summed E-state index contributed by atoms with van der Waals surface area (Å²) in [5.41, 5.74) is 1.76. The molecule has 0 unspecified atom stereocenters. The van der Waals surface area contributed by atoms with Crippen molar-refractivity contribution in [1.82, 2.24) is 24.7 Å². The van der Waals surface area contributed by atoms with Gasteiger partial charge in [-0.25, -0.2) is 14.6 Å². The zero-order valence-corrected chi connectivity index (χ0v) is 14.6. The Morgan fingerprint density at radius 2 is 1.81 bits per heavy atom. The van der Waals surface area contributed by atoms with E-state index in [9.17, 15) is 0 Å². The van der Waals surface area contributed by atoms with Gasteiger partial charge < -0.3 is 15.0 Å². The Kier molecular flexibility index (Phi) is 4.74. The Bertz CT molecular complexity index is 844. The number of methoxy groups -OCH3 is 1. The average Bonchev–Trinajstić information content (AvgIpc) is 3.19. The molecule has 1 fully saturated rings. The molecule has 8 nitrogen and oxygen atoms in total. The van der Waals surface area contributed by atoms with Crippen molar-refractivity contribution in [3.05, 3.63) is 49.1 Å². The van der Waals surface area contributed by atoms with Crippen molar-refractivity contribution < 1.29 is 4.74 Å². The van der Waals surface area contributed by atoms with Crippen LogP contribution >= 0.6 is 0 Å². The van der Waals surface area contributed by atoms with Crippen molar-refractivity contribution in [2.45, 2.75) is 18.9 Å². The lowest BCUT2D eigenvalue weighted by Crippen LogP contribution is -2.37. The fourth-order valence-electron chi connectivity index (χ4n) is 3.07. The second-order valence-electron chi connectivity index (χ2n) is 6.13. The maximum atomic E-state index is 5.43. The summed E-state index contributed by atoms with van der Waals surface area (Å²) >= 11 is 0. The Morgan fingerprint density at radius 3 is 2.58 bits per heavy atom. The lowest BCUT2D eigenvalue weighted by atomic mass is 10.1. The number of nitrogens with one attached hydrogen (secondary N) is 1. The summed E-state index contributed by atoms with van der Waals surface area (Å²) in [6, 6.07) is 9.67. The lowest BCUT2D eigenvalue weighted by molar-refractivity contribution is 0.0816. The molecular weight excluding hydrogens is 330 g/mol. The van der Waals surface area contributed by atoms with Crippen LogP contribution in [0.25, 0.3) is 5.69 Å². The molecule has 1 aliphatic heterocycles. The van der Waals surface area contributed by atoms with Gasteiger partial charge in [-0.15, -0.1) is 5.10 Å². The van der Waals surface area contributed by atoms with Gasteiger partial charge in [-0.1, -0.05) is 12.1 Å². The van der Waals surface area contributed by atoms with Crippen LogP contribution in [0.15, 0.2) is 49.1 Å². The molecule has 3 heterocycles. The van der Waals surface area contributed by atoms with E-state index in [-0.39, 0.29) is 0 Å². The first-order chi connectivity index (χ1) is 12.8. The minimum absolute atomic E-state index is 0.337. The van der Waals surface area contributed by atoms with E-state index in [1.54, 1.807) is 36.6 Å². The second-order valence-corrected chi connectivity index (χ2v) is 6.13. The van der Waals surface area contributed by atoms with Crippen molar-refractivity contribution in [3.8, 4) is 5.69 Å². The summed E-state index contributed by atoms with van der Waals surface area (Å²) in [5.74, 6) is 1.28. The summed E-state index contributed by atoms with van der Waals surface area (Å²) in [6.45, 7) is 1.81. The van der Waals surface area contributed by atoms with Gasteiger partial charge in [-0.3, -0.25) is 0 Å². The van der Waals surface area contributed by atoms with Crippen LogP contribution in [0.1, 0.15) is 12.8 Å². The smallest absolute Gasteiger partial charge is 0.245 e. The van der Waals surface area contributed by atoms with Gasteiger partial charge in [0.25, 0.3) is 0 Å². The first-order valence-corrected chi connectivity index (χ1v) is 8.66. The second kappa shape index (κ2) is 7.49. The van der Waals surface area contributed by atoms with Gasteiger partial charge in [0.2, 0.25) is 11.9 Å². The number of nitrogens with zero attached hydrogens (tertiary/aromatic N) is 6. The molecule has 0 spiro atoms. The van der Waals surface area contributed by atoms with Crippen LogP contribution in [0.4, 0.5) is 17.6 Å². The highest BCUT2D eigenvalue weighted by Crippen LogP contribution is 2.23. The van der Waals surface area contributed by atoms with E-state index >= 15 is 0 Å². The molecule has 0 saturated carbocycles. The summed E-state index contributed by atoms with van der Waals surface area (Å²) < 4.78 is 7.21. The van der Waals surface area contributed by atoms with Crippen molar-refractivity contribution in [1.29, 1.82) is 0 Å². The van der Waals surface area contributed by atoms with Gasteiger partial charge in [0.1, 0.15) is 6.33 Å². The Balaban J connectivity index is 1.55. The topological polar surface area (TPSA) is 81.0 Å². The molecule has 1 saturated heterocycles. The number of hydrogen-bond acceptors (Lipinski definition) is 7. The number of para-hydroxylation sites is 2. The van der Waals surface area contributed by atoms with Crippen LogP contribution in [0.2, 0.25) is 0 Å². The molecule has 26 heavy (non-hydrogen) atoms. The largest absolute Gasteiger partial charge is 0.381 e. The van der Waals surface area contributed by atoms with Gasteiger partial charge in [0, 0.05) is 32.6 Å². The van der Waals surface area contributed by atoms with Crippen molar-refractivity contribution in [2.75, 3.05) is 30.4 Å². The maximum Gasteiger partial charge on any atom is 0.245 e. The SMILES string of the molecule is COC1CCN(c2ncn(-c3ccccc3Nc3ncccn3)n2)CC1. The predicted molar refractivity (Wildman–Crippen MR) is 98.9 cm³/mol. The molecule has 0 atom stereocenters. The Hall–Kier alpha value is -3.00. The summed E-state index contributed by atoms with van der Waals surface area (Å²) in [6.07, 6.45) is 7.47. The quantitative estimate of drug-likeness (QED) is 0.756. The summed E-state index contributed by atoms with van der Waals surface area (Å²) in [7, 11) is 1.77. The molecule has 0 radical (unpaired) electrons. The number of ether oxygens (including phenoxy) is 1. The number of rotatable bonds is 5. The van der Waals surface area contributed by atoms with E-state index in [1.807, 2.05) is 24.3 Å². The first kappa shape index (κ1) is 16.5. The monoisotopic (exact) mass is 351 g/mol. The molecule has 3 aromatic rings. The van der Waals surface area contributed by atoms with Gasteiger partial charge >= 0.3 is 0 Å². The molecule has 0 bridgehead atoms. The van der Waals surface area contributed by atoms with Crippen molar-refractivity contribution >= 4 is 17.6 Å². The zero-order chi connectivity index (χ0) is 17.8. The number of hydrogen-bond donors (Lipinski definition) is 1. The third-order valence-electron chi connectivity index (χ3n) is 4.50.